The summed E-state index contributed by atoms with van der Waals surface area (Å²) in [6, 6.07) is 3.36. The molecule has 0 amide bonds. The summed E-state index contributed by atoms with van der Waals surface area (Å²) in [6.45, 7) is 2.41. The zero-order chi connectivity index (χ0) is 9.84. The summed E-state index contributed by atoms with van der Waals surface area (Å²) in [5.41, 5.74) is 7.28. The highest BCUT2D eigenvalue weighted by Gasteiger charge is 2.01. The highest BCUT2D eigenvalue weighted by atomic mass is 35.5. The topological polar surface area (TPSA) is 46.2 Å². The summed E-state index contributed by atoms with van der Waals surface area (Å²) in [6.07, 6.45) is 3.73. The van der Waals surface area contributed by atoms with Crippen molar-refractivity contribution in [2.45, 2.75) is 6.92 Å². The number of phenols is 1. The molecule has 3 heteroatoms. The van der Waals surface area contributed by atoms with Crippen LogP contribution in [0.3, 0.4) is 0 Å². The van der Waals surface area contributed by atoms with E-state index in [4.69, 9.17) is 17.3 Å². The molecule has 70 valence electrons. The van der Waals surface area contributed by atoms with Gasteiger partial charge in [0.25, 0.3) is 0 Å². The molecule has 0 unspecified atom stereocenters. The Labute approximate surface area is 82.6 Å². The van der Waals surface area contributed by atoms with Gasteiger partial charge in [-0.1, -0.05) is 23.8 Å². The Morgan fingerprint density at radius 3 is 2.85 bits per heavy atom. The minimum atomic E-state index is 0.115. The first-order chi connectivity index (χ1) is 6.15. The van der Waals surface area contributed by atoms with Crippen molar-refractivity contribution in [3.05, 3.63) is 34.4 Å². The molecule has 13 heavy (non-hydrogen) atoms. The number of benzene rings is 1. The van der Waals surface area contributed by atoms with Gasteiger partial charge in [0.05, 0.1) is 5.02 Å². The summed E-state index contributed by atoms with van der Waals surface area (Å²) < 4.78 is 0. The highest BCUT2D eigenvalue weighted by Crippen LogP contribution is 2.27. The van der Waals surface area contributed by atoms with Gasteiger partial charge in [0.2, 0.25) is 0 Å². The number of rotatable bonds is 2. The lowest BCUT2D eigenvalue weighted by Gasteiger charge is -2.03. The lowest BCUT2D eigenvalue weighted by atomic mass is 10.1. The van der Waals surface area contributed by atoms with Crippen molar-refractivity contribution in [1.29, 1.82) is 0 Å². The third-order valence-electron chi connectivity index (χ3n) is 1.77. The molecule has 3 N–H and O–H groups in total. The quantitative estimate of drug-likeness (QED) is 0.765. The number of hydrogen-bond acceptors (Lipinski definition) is 2. The zero-order valence-corrected chi connectivity index (χ0v) is 8.17. The van der Waals surface area contributed by atoms with Crippen LogP contribution in [-0.2, 0) is 0 Å². The van der Waals surface area contributed by atoms with Crippen molar-refractivity contribution in [1.82, 2.24) is 0 Å². The van der Waals surface area contributed by atoms with Gasteiger partial charge < -0.3 is 10.8 Å². The average Bonchev–Trinajstić information content (AvgIpc) is 2.09. The minimum Gasteiger partial charge on any atom is -0.506 e. The largest absolute Gasteiger partial charge is 0.506 e. The zero-order valence-electron chi connectivity index (χ0n) is 7.42. The molecule has 0 aliphatic rings. The van der Waals surface area contributed by atoms with Crippen LogP contribution in [0.2, 0.25) is 5.02 Å². The molecule has 0 fully saturated rings. The van der Waals surface area contributed by atoms with Crippen LogP contribution in [0, 0.1) is 6.92 Å². The number of hydrogen-bond donors (Lipinski definition) is 2. The predicted octanol–water partition coefficient (Wildman–Crippen LogP) is 2.33. The molecule has 0 aromatic heterocycles. The lowest BCUT2D eigenvalue weighted by molar-refractivity contribution is 0.475. The van der Waals surface area contributed by atoms with Crippen LogP contribution in [0.5, 0.6) is 5.75 Å². The molecule has 0 saturated heterocycles. The van der Waals surface area contributed by atoms with E-state index in [2.05, 4.69) is 0 Å². The Morgan fingerprint density at radius 1 is 1.54 bits per heavy atom. The van der Waals surface area contributed by atoms with Gasteiger partial charge in [0, 0.05) is 6.54 Å². The SMILES string of the molecule is Cc1cc(O)c(Cl)cc1/C=C/CN. The molecule has 0 aliphatic heterocycles. The van der Waals surface area contributed by atoms with Crippen molar-refractivity contribution in [3.63, 3.8) is 0 Å². The van der Waals surface area contributed by atoms with Crippen LogP contribution in [0.25, 0.3) is 6.08 Å². The second-order valence-corrected chi connectivity index (χ2v) is 3.21. The van der Waals surface area contributed by atoms with Crippen LogP contribution in [-0.4, -0.2) is 11.7 Å². The van der Waals surface area contributed by atoms with Crippen molar-refractivity contribution in [2.75, 3.05) is 6.54 Å². The van der Waals surface area contributed by atoms with Gasteiger partial charge in [-0.15, -0.1) is 0 Å². The van der Waals surface area contributed by atoms with Crippen molar-refractivity contribution in [2.24, 2.45) is 5.73 Å². The van der Waals surface area contributed by atoms with Crippen molar-refractivity contribution < 1.29 is 5.11 Å². The first kappa shape index (κ1) is 10.1. The molecular formula is C10H12ClNO. The Kier molecular flexibility index (Phi) is 3.34. The summed E-state index contributed by atoms with van der Waals surface area (Å²) in [5, 5.41) is 9.63. The van der Waals surface area contributed by atoms with E-state index < -0.39 is 0 Å². The fourth-order valence-corrected chi connectivity index (χ4v) is 1.23. The van der Waals surface area contributed by atoms with Crippen LogP contribution in [0.4, 0.5) is 0 Å². The van der Waals surface area contributed by atoms with E-state index >= 15 is 0 Å². The van der Waals surface area contributed by atoms with Crippen molar-refractivity contribution >= 4 is 17.7 Å². The fourth-order valence-electron chi connectivity index (χ4n) is 1.06. The third kappa shape index (κ3) is 2.47. The molecule has 0 heterocycles. The fraction of sp³-hybridized carbons (Fsp3) is 0.200. The van der Waals surface area contributed by atoms with Gasteiger partial charge in [-0.3, -0.25) is 0 Å². The summed E-state index contributed by atoms with van der Waals surface area (Å²) in [4.78, 5) is 0. The Hall–Kier alpha value is -0.990. The van der Waals surface area contributed by atoms with E-state index in [9.17, 15) is 5.11 Å². The van der Waals surface area contributed by atoms with E-state index in [-0.39, 0.29) is 5.75 Å². The third-order valence-corrected chi connectivity index (χ3v) is 2.07. The molecule has 0 bridgehead atoms. The maximum absolute atomic E-state index is 9.27. The number of phenolic OH excluding ortho intramolecular Hbond substituents is 1. The first-order valence-corrected chi connectivity index (χ1v) is 4.38. The number of aromatic hydroxyl groups is 1. The van der Waals surface area contributed by atoms with E-state index in [1.54, 1.807) is 12.1 Å². The van der Waals surface area contributed by atoms with E-state index in [0.29, 0.717) is 11.6 Å². The molecule has 0 aliphatic carbocycles. The van der Waals surface area contributed by atoms with Gasteiger partial charge >= 0.3 is 0 Å². The Morgan fingerprint density at radius 2 is 2.23 bits per heavy atom. The first-order valence-electron chi connectivity index (χ1n) is 4.01. The molecule has 1 aromatic rings. The van der Waals surface area contributed by atoms with Crippen LogP contribution < -0.4 is 5.73 Å². The van der Waals surface area contributed by atoms with Crippen LogP contribution in [0.15, 0.2) is 18.2 Å². The molecule has 0 atom stereocenters. The molecule has 1 aromatic carbocycles. The van der Waals surface area contributed by atoms with Gasteiger partial charge in [-0.2, -0.15) is 0 Å². The highest BCUT2D eigenvalue weighted by molar-refractivity contribution is 6.32. The van der Waals surface area contributed by atoms with Gasteiger partial charge in [0.15, 0.2) is 0 Å². The van der Waals surface area contributed by atoms with E-state index in [1.807, 2.05) is 19.1 Å². The smallest absolute Gasteiger partial charge is 0.134 e. The second kappa shape index (κ2) is 4.30. The normalized spacial score (nSPS) is 11.0. The number of halogens is 1. The average molecular weight is 198 g/mol. The van der Waals surface area contributed by atoms with E-state index in [1.165, 1.54) is 0 Å². The van der Waals surface area contributed by atoms with E-state index in [0.717, 1.165) is 11.1 Å². The lowest BCUT2D eigenvalue weighted by Crippen LogP contribution is -1.92. The summed E-state index contributed by atoms with van der Waals surface area (Å²) in [5.74, 6) is 0.115. The van der Waals surface area contributed by atoms with Crippen molar-refractivity contribution in [3.8, 4) is 5.75 Å². The monoisotopic (exact) mass is 197 g/mol. The molecular weight excluding hydrogens is 186 g/mol. The second-order valence-electron chi connectivity index (χ2n) is 2.80. The molecule has 1 rings (SSSR count). The number of aryl methyl sites for hydroxylation is 1. The maximum atomic E-state index is 9.27. The minimum absolute atomic E-state index is 0.115. The molecule has 2 nitrogen and oxygen atoms in total. The Balaban J connectivity index is 3.08. The molecule has 0 saturated carbocycles. The summed E-state index contributed by atoms with van der Waals surface area (Å²) >= 11 is 5.75. The van der Waals surface area contributed by atoms with Gasteiger partial charge in [-0.25, -0.2) is 0 Å². The standard InChI is InChI=1S/C10H12ClNO/c1-7-5-10(13)9(11)6-8(7)3-2-4-12/h2-3,5-6,13H,4,12H2,1H3/b3-2+. The predicted molar refractivity (Wildman–Crippen MR) is 55.9 cm³/mol. The maximum Gasteiger partial charge on any atom is 0.134 e. The molecule has 0 radical (unpaired) electrons. The van der Waals surface area contributed by atoms with Crippen LogP contribution in [0.1, 0.15) is 11.1 Å². The van der Waals surface area contributed by atoms with Crippen LogP contribution >= 0.6 is 11.6 Å². The van der Waals surface area contributed by atoms with Gasteiger partial charge in [-0.05, 0) is 30.2 Å². The summed E-state index contributed by atoms with van der Waals surface area (Å²) in [7, 11) is 0. The van der Waals surface area contributed by atoms with Gasteiger partial charge in [0.1, 0.15) is 5.75 Å². The molecule has 0 spiro atoms. The number of nitrogens with two attached hydrogens (primary N) is 1. The Bertz CT molecular complexity index is 334.